The van der Waals surface area contributed by atoms with Crippen LogP contribution in [0.5, 0.6) is 0 Å². The molecule has 1 aliphatic rings. The molecule has 1 saturated heterocycles. The van der Waals surface area contributed by atoms with Crippen molar-refractivity contribution in [2.45, 2.75) is 33.1 Å². The molecule has 0 amide bonds. The molecule has 1 aliphatic heterocycles. The fourth-order valence-electron chi connectivity index (χ4n) is 1.80. The van der Waals surface area contributed by atoms with E-state index in [0.29, 0.717) is 13.2 Å². The van der Waals surface area contributed by atoms with Crippen LogP contribution in [0.4, 0.5) is 0 Å². The zero-order chi connectivity index (χ0) is 11.9. The first-order valence-electron chi connectivity index (χ1n) is 6.15. The van der Waals surface area contributed by atoms with Crippen LogP contribution in [-0.2, 0) is 14.3 Å². The van der Waals surface area contributed by atoms with Crippen molar-refractivity contribution in [3.63, 3.8) is 0 Å². The van der Waals surface area contributed by atoms with Gasteiger partial charge in [0.05, 0.1) is 12.0 Å². The molecule has 4 heteroatoms. The van der Waals surface area contributed by atoms with Gasteiger partial charge in [0.25, 0.3) is 0 Å². The molecular formula is C12H23NO3. The minimum Gasteiger partial charge on any atom is -0.463 e. The van der Waals surface area contributed by atoms with Crippen molar-refractivity contribution in [1.82, 2.24) is 5.32 Å². The van der Waals surface area contributed by atoms with Crippen LogP contribution in [0.2, 0.25) is 0 Å². The van der Waals surface area contributed by atoms with E-state index in [2.05, 4.69) is 12.2 Å². The first-order valence-corrected chi connectivity index (χ1v) is 6.15. The quantitative estimate of drug-likeness (QED) is 0.551. The van der Waals surface area contributed by atoms with Crippen LogP contribution in [0.1, 0.15) is 33.1 Å². The van der Waals surface area contributed by atoms with Crippen molar-refractivity contribution >= 4 is 5.97 Å². The molecule has 0 unspecified atom stereocenters. The highest BCUT2D eigenvalue weighted by Crippen LogP contribution is 2.29. The van der Waals surface area contributed by atoms with Gasteiger partial charge in [-0.2, -0.15) is 0 Å². The summed E-state index contributed by atoms with van der Waals surface area (Å²) in [7, 11) is 0. The van der Waals surface area contributed by atoms with Gasteiger partial charge in [0.15, 0.2) is 0 Å². The molecule has 0 saturated carbocycles. The molecule has 1 N–H and O–H groups in total. The van der Waals surface area contributed by atoms with Crippen molar-refractivity contribution in [3.8, 4) is 0 Å². The molecule has 1 heterocycles. The molecule has 0 aromatic carbocycles. The minimum absolute atomic E-state index is 0.0749. The fourth-order valence-corrected chi connectivity index (χ4v) is 1.80. The molecular weight excluding hydrogens is 206 g/mol. The molecule has 0 atom stereocenters. The Balaban J connectivity index is 2.18. The lowest BCUT2D eigenvalue weighted by atomic mass is 9.81. The van der Waals surface area contributed by atoms with Gasteiger partial charge in [0.2, 0.25) is 0 Å². The van der Waals surface area contributed by atoms with Crippen LogP contribution in [0.25, 0.3) is 0 Å². The Morgan fingerprint density at radius 3 is 2.56 bits per heavy atom. The smallest absolute Gasteiger partial charge is 0.311 e. The van der Waals surface area contributed by atoms with Crippen LogP contribution in [0.3, 0.4) is 0 Å². The normalized spacial score (nSPS) is 19.4. The van der Waals surface area contributed by atoms with Gasteiger partial charge in [0.1, 0.15) is 6.61 Å². The lowest BCUT2D eigenvalue weighted by molar-refractivity contribution is -0.158. The number of rotatable bonds is 6. The summed E-state index contributed by atoms with van der Waals surface area (Å²) in [6.07, 6.45) is 2.72. The Morgan fingerprint density at radius 2 is 1.94 bits per heavy atom. The van der Waals surface area contributed by atoms with Gasteiger partial charge in [-0.1, -0.05) is 6.92 Å². The van der Waals surface area contributed by atoms with E-state index in [-0.39, 0.29) is 11.4 Å². The van der Waals surface area contributed by atoms with E-state index in [9.17, 15) is 4.79 Å². The highest BCUT2D eigenvalue weighted by atomic mass is 16.6. The average molecular weight is 229 g/mol. The van der Waals surface area contributed by atoms with Gasteiger partial charge >= 0.3 is 5.97 Å². The van der Waals surface area contributed by atoms with E-state index in [0.717, 1.165) is 39.0 Å². The zero-order valence-corrected chi connectivity index (χ0v) is 10.4. The third-order valence-corrected chi connectivity index (χ3v) is 3.01. The van der Waals surface area contributed by atoms with E-state index in [1.54, 1.807) is 0 Å². The maximum Gasteiger partial charge on any atom is 0.311 e. The summed E-state index contributed by atoms with van der Waals surface area (Å²) in [4.78, 5) is 11.8. The molecule has 0 spiro atoms. The van der Waals surface area contributed by atoms with Crippen LogP contribution in [-0.4, -0.2) is 38.9 Å². The lowest BCUT2D eigenvalue weighted by Crippen LogP contribution is -2.41. The van der Waals surface area contributed by atoms with Crippen molar-refractivity contribution < 1.29 is 14.3 Å². The second-order valence-electron chi connectivity index (χ2n) is 4.56. The fraction of sp³-hybridized carbons (Fsp3) is 0.917. The highest BCUT2D eigenvalue weighted by Gasteiger charge is 2.35. The lowest BCUT2D eigenvalue weighted by Gasteiger charge is -2.31. The SMILES string of the molecule is CCCOCCOC(=O)C1(C)CCNCC1. The Labute approximate surface area is 97.7 Å². The summed E-state index contributed by atoms with van der Waals surface area (Å²) in [5, 5.41) is 3.25. The number of carbonyl (C=O) groups is 1. The van der Waals surface area contributed by atoms with Gasteiger partial charge in [-0.3, -0.25) is 4.79 Å². The van der Waals surface area contributed by atoms with Gasteiger partial charge < -0.3 is 14.8 Å². The Kier molecular flexibility index (Phi) is 5.77. The maximum atomic E-state index is 11.8. The molecule has 1 rings (SSSR count). The average Bonchev–Trinajstić information content (AvgIpc) is 2.29. The Morgan fingerprint density at radius 1 is 1.25 bits per heavy atom. The van der Waals surface area contributed by atoms with Crippen LogP contribution in [0.15, 0.2) is 0 Å². The number of ether oxygens (including phenoxy) is 2. The predicted molar refractivity (Wildman–Crippen MR) is 62.3 cm³/mol. The molecule has 1 fully saturated rings. The van der Waals surface area contributed by atoms with Crippen molar-refractivity contribution in [3.05, 3.63) is 0 Å². The van der Waals surface area contributed by atoms with Gasteiger partial charge in [-0.25, -0.2) is 0 Å². The summed E-state index contributed by atoms with van der Waals surface area (Å²) in [6, 6.07) is 0. The van der Waals surface area contributed by atoms with Gasteiger partial charge in [0, 0.05) is 6.61 Å². The predicted octanol–water partition coefficient (Wildman–Crippen LogP) is 1.35. The number of esters is 1. The largest absolute Gasteiger partial charge is 0.463 e. The van der Waals surface area contributed by atoms with Crippen LogP contribution in [0, 0.1) is 5.41 Å². The number of hydrogen-bond acceptors (Lipinski definition) is 4. The topological polar surface area (TPSA) is 47.6 Å². The van der Waals surface area contributed by atoms with E-state index >= 15 is 0 Å². The molecule has 4 nitrogen and oxygen atoms in total. The van der Waals surface area contributed by atoms with Crippen molar-refractivity contribution in [2.75, 3.05) is 32.9 Å². The molecule has 94 valence electrons. The number of hydrogen-bond donors (Lipinski definition) is 1. The van der Waals surface area contributed by atoms with Gasteiger partial charge in [-0.05, 0) is 39.3 Å². The third kappa shape index (κ3) is 4.10. The molecule has 16 heavy (non-hydrogen) atoms. The maximum absolute atomic E-state index is 11.8. The summed E-state index contributed by atoms with van der Waals surface area (Å²) < 4.78 is 10.5. The van der Waals surface area contributed by atoms with Crippen molar-refractivity contribution in [2.24, 2.45) is 5.41 Å². The van der Waals surface area contributed by atoms with E-state index in [4.69, 9.17) is 9.47 Å². The summed E-state index contributed by atoms with van der Waals surface area (Å²) in [5.74, 6) is -0.0749. The molecule has 0 bridgehead atoms. The first kappa shape index (κ1) is 13.5. The Hall–Kier alpha value is -0.610. The van der Waals surface area contributed by atoms with E-state index in [1.807, 2.05) is 6.92 Å². The number of nitrogens with one attached hydrogen (secondary N) is 1. The second kappa shape index (κ2) is 6.86. The first-order chi connectivity index (χ1) is 7.69. The molecule has 0 radical (unpaired) electrons. The molecule has 0 aromatic heterocycles. The number of piperidine rings is 1. The van der Waals surface area contributed by atoms with Gasteiger partial charge in [-0.15, -0.1) is 0 Å². The summed E-state index contributed by atoms with van der Waals surface area (Å²) in [5.41, 5.74) is -0.296. The third-order valence-electron chi connectivity index (χ3n) is 3.01. The molecule has 0 aromatic rings. The second-order valence-corrected chi connectivity index (χ2v) is 4.56. The Bertz CT molecular complexity index is 212. The zero-order valence-electron chi connectivity index (χ0n) is 10.4. The summed E-state index contributed by atoms with van der Waals surface area (Å²) in [6.45, 7) is 7.47. The van der Waals surface area contributed by atoms with E-state index in [1.165, 1.54) is 0 Å². The minimum atomic E-state index is -0.296. The monoisotopic (exact) mass is 229 g/mol. The van der Waals surface area contributed by atoms with Crippen molar-refractivity contribution in [1.29, 1.82) is 0 Å². The number of carbonyl (C=O) groups excluding carboxylic acids is 1. The standard InChI is InChI=1S/C12H23NO3/c1-3-8-15-9-10-16-11(14)12(2)4-6-13-7-5-12/h13H,3-10H2,1-2H3. The summed E-state index contributed by atoms with van der Waals surface area (Å²) >= 11 is 0. The van der Waals surface area contributed by atoms with E-state index < -0.39 is 0 Å². The van der Waals surface area contributed by atoms with Crippen LogP contribution < -0.4 is 5.32 Å². The van der Waals surface area contributed by atoms with Crippen LogP contribution >= 0.6 is 0 Å². The molecule has 0 aliphatic carbocycles. The highest BCUT2D eigenvalue weighted by molar-refractivity contribution is 5.76.